The number of carbonyl (C=O) groups excluding carboxylic acids is 3. The Morgan fingerprint density at radius 2 is 1.87 bits per heavy atom. The molecule has 1 aromatic carbocycles. The summed E-state index contributed by atoms with van der Waals surface area (Å²) in [4.78, 5) is 35.0. The van der Waals surface area contributed by atoms with Crippen molar-refractivity contribution in [3.63, 3.8) is 0 Å². The van der Waals surface area contributed by atoms with Gasteiger partial charge in [-0.2, -0.15) is 0 Å². The van der Waals surface area contributed by atoms with Crippen molar-refractivity contribution in [2.24, 2.45) is 0 Å². The highest BCUT2D eigenvalue weighted by Crippen LogP contribution is 2.22. The maximum atomic E-state index is 12.9. The van der Waals surface area contributed by atoms with E-state index in [1.165, 1.54) is 6.07 Å². The third-order valence-electron chi connectivity index (χ3n) is 3.51. The molecular formula is C15H17ClFN3O3. The highest BCUT2D eigenvalue weighted by atomic mass is 35.5. The molecule has 2 rings (SSSR count). The van der Waals surface area contributed by atoms with Gasteiger partial charge in [0, 0.05) is 6.04 Å². The number of benzene rings is 1. The Morgan fingerprint density at radius 1 is 1.17 bits per heavy atom. The Labute approximate surface area is 137 Å². The van der Waals surface area contributed by atoms with Crippen LogP contribution < -0.4 is 16.0 Å². The van der Waals surface area contributed by atoms with Crippen molar-refractivity contribution < 1.29 is 18.8 Å². The third-order valence-corrected chi connectivity index (χ3v) is 3.82. The Hall–Kier alpha value is -2.15. The lowest BCUT2D eigenvalue weighted by molar-refractivity contribution is -0.140. The van der Waals surface area contributed by atoms with Crippen LogP contribution in [0.25, 0.3) is 0 Å². The van der Waals surface area contributed by atoms with Crippen molar-refractivity contribution in [1.29, 1.82) is 0 Å². The van der Waals surface area contributed by atoms with Crippen LogP contribution in [0.4, 0.5) is 10.1 Å². The van der Waals surface area contributed by atoms with E-state index in [0.29, 0.717) is 0 Å². The highest BCUT2D eigenvalue weighted by molar-refractivity contribution is 6.35. The Bertz CT molecular complexity index is 618. The fourth-order valence-corrected chi connectivity index (χ4v) is 2.56. The van der Waals surface area contributed by atoms with E-state index in [-0.39, 0.29) is 23.3 Å². The SMILES string of the molecule is O=C(CNC(=O)C(=O)NC1CCCC1)Nc1ccc(F)cc1Cl. The number of amides is 3. The molecule has 0 bridgehead atoms. The molecular weight excluding hydrogens is 325 g/mol. The first-order valence-electron chi connectivity index (χ1n) is 7.29. The lowest BCUT2D eigenvalue weighted by Crippen LogP contribution is -2.45. The van der Waals surface area contributed by atoms with E-state index in [2.05, 4.69) is 16.0 Å². The van der Waals surface area contributed by atoms with Crippen molar-refractivity contribution in [2.75, 3.05) is 11.9 Å². The van der Waals surface area contributed by atoms with Gasteiger partial charge in [-0.1, -0.05) is 24.4 Å². The Morgan fingerprint density at radius 3 is 2.52 bits per heavy atom. The van der Waals surface area contributed by atoms with Gasteiger partial charge in [0.15, 0.2) is 0 Å². The van der Waals surface area contributed by atoms with Gasteiger partial charge in [0.05, 0.1) is 17.3 Å². The first-order valence-corrected chi connectivity index (χ1v) is 7.67. The summed E-state index contributed by atoms with van der Waals surface area (Å²) in [5.74, 6) is -2.70. The fraction of sp³-hybridized carbons (Fsp3) is 0.400. The fourth-order valence-electron chi connectivity index (χ4n) is 2.35. The molecule has 23 heavy (non-hydrogen) atoms. The minimum atomic E-state index is -0.864. The van der Waals surface area contributed by atoms with E-state index >= 15 is 0 Å². The minimum absolute atomic E-state index is 0.0279. The van der Waals surface area contributed by atoms with Crippen LogP contribution in [0.15, 0.2) is 18.2 Å². The summed E-state index contributed by atoms with van der Waals surface area (Å²) >= 11 is 5.78. The number of hydrogen-bond acceptors (Lipinski definition) is 3. The first-order chi connectivity index (χ1) is 11.0. The molecule has 1 aliphatic rings. The summed E-state index contributed by atoms with van der Waals surface area (Å²) < 4.78 is 12.9. The van der Waals surface area contributed by atoms with Gasteiger partial charge in [0.1, 0.15) is 5.82 Å². The molecule has 124 valence electrons. The molecule has 0 aliphatic heterocycles. The molecule has 6 nitrogen and oxygen atoms in total. The molecule has 0 unspecified atom stereocenters. The monoisotopic (exact) mass is 341 g/mol. The van der Waals surface area contributed by atoms with E-state index in [1.54, 1.807) is 0 Å². The zero-order valence-electron chi connectivity index (χ0n) is 12.3. The van der Waals surface area contributed by atoms with Gasteiger partial charge in [-0.15, -0.1) is 0 Å². The van der Waals surface area contributed by atoms with Crippen LogP contribution in [-0.4, -0.2) is 30.3 Å². The van der Waals surface area contributed by atoms with Crippen LogP contribution in [0, 0.1) is 5.82 Å². The zero-order chi connectivity index (χ0) is 16.8. The summed E-state index contributed by atoms with van der Waals surface area (Å²) in [5.41, 5.74) is 0.225. The standard InChI is InChI=1S/C15H17ClFN3O3/c16-11-7-9(17)5-6-12(11)20-13(21)8-18-14(22)15(23)19-10-3-1-2-4-10/h5-7,10H,1-4,8H2,(H,18,22)(H,19,23)(H,20,21). The maximum absolute atomic E-state index is 12.9. The van der Waals surface area contributed by atoms with Crippen molar-refractivity contribution in [3.05, 3.63) is 29.0 Å². The van der Waals surface area contributed by atoms with Crippen LogP contribution in [-0.2, 0) is 14.4 Å². The zero-order valence-corrected chi connectivity index (χ0v) is 13.1. The van der Waals surface area contributed by atoms with Gasteiger partial charge in [-0.05, 0) is 31.0 Å². The van der Waals surface area contributed by atoms with E-state index in [1.807, 2.05) is 0 Å². The lowest BCUT2D eigenvalue weighted by atomic mass is 10.2. The van der Waals surface area contributed by atoms with E-state index in [4.69, 9.17) is 11.6 Å². The molecule has 8 heteroatoms. The summed E-state index contributed by atoms with van der Waals surface area (Å²) in [6.45, 7) is -0.384. The second-order valence-corrected chi connectivity index (χ2v) is 5.72. The summed E-state index contributed by atoms with van der Waals surface area (Å²) in [5, 5.41) is 7.31. The second kappa shape index (κ2) is 7.92. The maximum Gasteiger partial charge on any atom is 0.309 e. The third kappa shape index (κ3) is 5.21. The van der Waals surface area contributed by atoms with E-state index in [9.17, 15) is 18.8 Å². The largest absolute Gasteiger partial charge is 0.345 e. The molecule has 0 heterocycles. The van der Waals surface area contributed by atoms with Gasteiger partial charge < -0.3 is 16.0 Å². The van der Waals surface area contributed by atoms with Crippen molar-refractivity contribution in [1.82, 2.24) is 10.6 Å². The van der Waals surface area contributed by atoms with Gasteiger partial charge in [0.2, 0.25) is 5.91 Å². The van der Waals surface area contributed by atoms with Crippen molar-refractivity contribution >= 4 is 35.0 Å². The molecule has 0 radical (unpaired) electrons. The molecule has 0 spiro atoms. The van der Waals surface area contributed by atoms with Crippen LogP contribution >= 0.6 is 11.6 Å². The topological polar surface area (TPSA) is 87.3 Å². The highest BCUT2D eigenvalue weighted by Gasteiger charge is 2.21. The summed E-state index contributed by atoms with van der Waals surface area (Å²) in [6, 6.07) is 3.55. The van der Waals surface area contributed by atoms with Gasteiger partial charge in [-0.3, -0.25) is 14.4 Å². The van der Waals surface area contributed by atoms with Crippen LogP contribution in [0.3, 0.4) is 0 Å². The molecule has 3 N–H and O–H groups in total. The molecule has 0 aromatic heterocycles. The van der Waals surface area contributed by atoms with E-state index < -0.39 is 23.5 Å². The van der Waals surface area contributed by atoms with Crippen LogP contribution in [0.5, 0.6) is 0 Å². The summed E-state index contributed by atoms with van der Waals surface area (Å²) in [7, 11) is 0. The van der Waals surface area contributed by atoms with Crippen LogP contribution in [0.1, 0.15) is 25.7 Å². The number of nitrogens with one attached hydrogen (secondary N) is 3. The smallest absolute Gasteiger partial charge is 0.309 e. The Kier molecular flexibility index (Phi) is 5.92. The molecule has 0 saturated heterocycles. The average molecular weight is 342 g/mol. The Balaban J connectivity index is 1.76. The number of hydrogen-bond donors (Lipinski definition) is 3. The number of rotatable bonds is 4. The van der Waals surface area contributed by atoms with Gasteiger partial charge in [0.25, 0.3) is 0 Å². The molecule has 1 fully saturated rings. The lowest BCUT2D eigenvalue weighted by Gasteiger charge is -2.12. The predicted molar refractivity (Wildman–Crippen MR) is 83.4 cm³/mol. The van der Waals surface area contributed by atoms with Gasteiger partial charge in [-0.25, -0.2) is 4.39 Å². The quantitative estimate of drug-likeness (QED) is 0.727. The van der Waals surface area contributed by atoms with E-state index in [0.717, 1.165) is 37.8 Å². The predicted octanol–water partition coefficient (Wildman–Crippen LogP) is 1.59. The average Bonchev–Trinajstić information content (AvgIpc) is 3.00. The molecule has 1 saturated carbocycles. The first kappa shape index (κ1) is 17.2. The van der Waals surface area contributed by atoms with Crippen molar-refractivity contribution in [2.45, 2.75) is 31.7 Å². The van der Waals surface area contributed by atoms with Crippen molar-refractivity contribution in [3.8, 4) is 0 Å². The number of anilines is 1. The van der Waals surface area contributed by atoms with Crippen LogP contribution in [0.2, 0.25) is 5.02 Å². The molecule has 1 aromatic rings. The van der Waals surface area contributed by atoms with Gasteiger partial charge >= 0.3 is 11.8 Å². The normalized spacial score (nSPS) is 14.3. The number of halogens is 2. The molecule has 3 amide bonds. The second-order valence-electron chi connectivity index (χ2n) is 5.31. The molecule has 1 aliphatic carbocycles. The number of carbonyl (C=O) groups is 3. The molecule has 0 atom stereocenters. The minimum Gasteiger partial charge on any atom is -0.345 e. The summed E-state index contributed by atoms with van der Waals surface area (Å²) in [6.07, 6.45) is 3.80.